The summed E-state index contributed by atoms with van der Waals surface area (Å²) in [5.74, 6) is -1.80. The minimum Gasteiger partial charge on any atom is -0.483 e. The highest BCUT2D eigenvalue weighted by molar-refractivity contribution is 5.87. The van der Waals surface area contributed by atoms with Gasteiger partial charge in [0.2, 0.25) is 0 Å². The number of halogens is 1. The lowest BCUT2D eigenvalue weighted by Gasteiger charge is -2.19. The second kappa shape index (κ2) is 11.6. The van der Waals surface area contributed by atoms with Crippen LogP contribution in [0.2, 0.25) is 0 Å². The molecule has 0 amide bonds. The van der Waals surface area contributed by atoms with Gasteiger partial charge in [0.25, 0.3) is 0 Å². The second-order valence-corrected chi connectivity index (χ2v) is 7.26. The molecular weight excluding hydrogens is 431 g/mol. The Hall–Kier alpha value is -3.94. The lowest BCUT2D eigenvalue weighted by Crippen LogP contribution is -2.31. The van der Waals surface area contributed by atoms with E-state index in [1.807, 2.05) is 0 Å². The highest BCUT2D eigenvalue weighted by atomic mass is 19.1. The maximum atomic E-state index is 14.4. The van der Waals surface area contributed by atoms with Gasteiger partial charge in [-0.05, 0) is 43.7 Å². The Morgan fingerprint density at radius 1 is 0.848 bits per heavy atom. The van der Waals surface area contributed by atoms with Crippen LogP contribution in [-0.2, 0) is 23.9 Å². The van der Waals surface area contributed by atoms with Crippen molar-refractivity contribution in [2.75, 3.05) is 13.2 Å². The SMILES string of the molecule is C=C(C)C(=O)OCC(COC(=O)C(=C)C)Oc1ccc(-c2ccc(OC(C)=O)cc2F)cc1. The predicted molar refractivity (Wildman–Crippen MR) is 119 cm³/mol. The summed E-state index contributed by atoms with van der Waals surface area (Å²) in [7, 11) is 0. The Labute approximate surface area is 191 Å². The van der Waals surface area contributed by atoms with Crippen LogP contribution in [0.4, 0.5) is 4.39 Å². The van der Waals surface area contributed by atoms with Gasteiger partial charge in [0, 0.05) is 29.7 Å². The van der Waals surface area contributed by atoms with Crippen LogP contribution in [-0.4, -0.2) is 37.2 Å². The molecule has 0 aliphatic heterocycles. The number of carbonyl (C=O) groups is 3. The Morgan fingerprint density at radius 2 is 1.36 bits per heavy atom. The van der Waals surface area contributed by atoms with Crippen LogP contribution in [0.15, 0.2) is 66.8 Å². The predicted octanol–water partition coefficient (Wildman–Crippen LogP) is 4.40. The molecule has 0 aromatic heterocycles. The first-order valence-electron chi connectivity index (χ1n) is 9.97. The lowest BCUT2D eigenvalue weighted by molar-refractivity contribution is -0.146. The third-order valence-electron chi connectivity index (χ3n) is 4.17. The van der Waals surface area contributed by atoms with Crippen molar-refractivity contribution in [2.24, 2.45) is 0 Å². The summed E-state index contributed by atoms with van der Waals surface area (Å²) in [6, 6.07) is 10.6. The van der Waals surface area contributed by atoms with Crippen molar-refractivity contribution in [2.45, 2.75) is 26.9 Å². The van der Waals surface area contributed by atoms with E-state index in [0.717, 1.165) is 6.07 Å². The molecule has 2 aromatic carbocycles. The molecule has 0 aliphatic rings. The molecule has 0 saturated heterocycles. The largest absolute Gasteiger partial charge is 0.483 e. The van der Waals surface area contributed by atoms with Gasteiger partial charge in [-0.25, -0.2) is 14.0 Å². The first-order chi connectivity index (χ1) is 15.6. The topological polar surface area (TPSA) is 88.1 Å². The fourth-order valence-corrected chi connectivity index (χ4v) is 2.56. The van der Waals surface area contributed by atoms with Gasteiger partial charge in [-0.15, -0.1) is 0 Å². The average molecular weight is 456 g/mol. The van der Waals surface area contributed by atoms with Gasteiger partial charge in [0.1, 0.15) is 30.5 Å². The average Bonchev–Trinajstić information content (AvgIpc) is 2.75. The number of ether oxygens (including phenoxy) is 4. The van der Waals surface area contributed by atoms with Crippen molar-refractivity contribution in [3.63, 3.8) is 0 Å². The molecular formula is C25H25FO7. The summed E-state index contributed by atoms with van der Waals surface area (Å²) >= 11 is 0. The van der Waals surface area contributed by atoms with Gasteiger partial charge in [0.15, 0.2) is 6.10 Å². The third kappa shape index (κ3) is 7.92. The van der Waals surface area contributed by atoms with Crippen LogP contribution in [0.5, 0.6) is 11.5 Å². The first-order valence-corrected chi connectivity index (χ1v) is 9.97. The standard InChI is InChI=1S/C25H25FO7/c1-15(2)24(28)30-13-21(14-31-25(29)16(3)4)33-19-8-6-18(7-9-19)22-11-10-20(12-23(22)26)32-17(5)27/h6-12,21H,1,3,13-14H2,2,4-5H3. The van der Waals surface area contributed by atoms with Crippen LogP contribution in [0.1, 0.15) is 20.8 Å². The van der Waals surface area contributed by atoms with Gasteiger partial charge in [-0.2, -0.15) is 0 Å². The van der Waals surface area contributed by atoms with E-state index >= 15 is 0 Å². The molecule has 2 aromatic rings. The van der Waals surface area contributed by atoms with E-state index in [9.17, 15) is 18.8 Å². The summed E-state index contributed by atoms with van der Waals surface area (Å²) in [5.41, 5.74) is 1.31. The van der Waals surface area contributed by atoms with E-state index in [1.165, 1.54) is 32.9 Å². The van der Waals surface area contributed by atoms with E-state index < -0.39 is 29.8 Å². The summed E-state index contributed by atoms with van der Waals surface area (Å²) in [6.45, 7) is 10.9. The molecule has 0 unspecified atom stereocenters. The van der Waals surface area contributed by atoms with E-state index in [4.69, 9.17) is 18.9 Å². The molecule has 2 rings (SSSR count). The number of hydrogen-bond acceptors (Lipinski definition) is 7. The van der Waals surface area contributed by atoms with E-state index in [2.05, 4.69) is 13.2 Å². The minimum absolute atomic E-state index is 0.111. The molecule has 0 aliphatic carbocycles. The zero-order valence-electron chi connectivity index (χ0n) is 18.7. The van der Waals surface area contributed by atoms with Gasteiger partial charge < -0.3 is 18.9 Å². The summed E-state index contributed by atoms with van der Waals surface area (Å²) in [4.78, 5) is 34.4. The van der Waals surface area contributed by atoms with E-state index in [1.54, 1.807) is 24.3 Å². The zero-order valence-corrected chi connectivity index (χ0v) is 18.7. The molecule has 0 N–H and O–H groups in total. The summed E-state index contributed by atoms with van der Waals surface area (Å²) < 4.78 is 35.3. The number of benzene rings is 2. The maximum Gasteiger partial charge on any atom is 0.333 e. The number of carbonyl (C=O) groups excluding carboxylic acids is 3. The normalized spacial score (nSPS) is 10.3. The minimum atomic E-state index is -0.790. The molecule has 0 fully saturated rings. The Bertz CT molecular complexity index is 1030. The molecule has 174 valence electrons. The summed E-state index contributed by atoms with van der Waals surface area (Å²) in [5, 5.41) is 0. The Morgan fingerprint density at radius 3 is 1.82 bits per heavy atom. The Kier molecular flexibility index (Phi) is 8.91. The van der Waals surface area contributed by atoms with Gasteiger partial charge in [-0.1, -0.05) is 25.3 Å². The highest BCUT2D eigenvalue weighted by Crippen LogP contribution is 2.28. The quantitative estimate of drug-likeness (QED) is 0.297. The molecule has 0 radical (unpaired) electrons. The highest BCUT2D eigenvalue weighted by Gasteiger charge is 2.18. The molecule has 33 heavy (non-hydrogen) atoms. The zero-order chi connectivity index (χ0) is 24.5. The van der Waals surface area contributed by atoms with Crippen LogP contribution in [0, 0.1) is 5.82 Å². The number of hydrogen-bond donors (Lipinski definition) is 0. The molecule has 8 heteroatoms. The fraction of sp³-hybridized carbons (Fsp3) is 0.240. The third-order valence-corrected chi connectivity index (χ3v) is 4.17. The first kappa shape index (κ1) is 25.3. The van der Waals surface area contributed by atoms with Gasteiger partial charge in [-0.3, -0.25) is 4.79 Å². The lowest BCUT2D eigenvalue weighted by atomic mass is 10.0. The fourth-order valence-electron chi connectivity index (χ4n) is 2.56. The second-order valence-electron chi connectivity index (χ2n) is 7.26. The van der Waals surface area contributed by atoms with Crippen LogP contribution >= 0.6 is 0 Å². The van der Waals surface area contributed by atoms with Crippen molar-refractivity contribution in [3.8, 4) is 22.6 Å². The van der Waals surface area contributed by atoms with E-state index in [0.29, 0.717) is 16.9 Å². The van der Waals surface area contributed by atoms with Crippen LogP contribution in [0.3, 0.4) is 0 Å². The van der Waals surface area contributed by atoms with Gasteiger partial charge in [0.05, 0.1) is 0 Å². The van der Waals surface area contributed by atoms with Crippen LogP contribution < -0.4 is 9.47 Å². The smallest absolute Gasteiger partial charge is 0.333 e. The molecule has 0 spiro atoms. The molecule has 0 saturated carbocycles. The van der Waals surface area contributed by atoms with Crippen molar-refractivity contribution >= 4 is 17.9 Å². The maximum absolute atomic E-state index is 14.4. The van der Waals surface area contributed by atoms with Crippen molar-refractivity contribution in [1.29, 1.82) is 0 Å². The molecule has 0 bridgehead atoms. The van der Waals surface area contributed by atoms with Crippen molar-refractivity contribution in [1.82, 2.24) is 0 Å². The molecule has 0 heterocycles. The van der Waals surface area contributed by atoms with Crippen molar-refractivity contribution in [3.05, 3.63) is 72.6 Å². The van der Waals surface area contributed by atoms with Gasteiger partial charge >= 0.3 is 17.9 Å². The number of esters is 3. The Balaban J connectivity index is 2.12. The van der Waals surface area contributed by atoms with Crippen LogP contribution in [0.25, 0.3) is 11.1 Å². The molecule has 0 atom stereocenters. The number of rotatable bonds is 10. The monoisotopic (exact) mass is 456 g/mol. The summed E-state index contributed by atoms with van der Waals surface area (Å²) in [6.07, 6.45) is -0.790. The van der Waals surface area contributed by atoms with Crippen molar-refractivity contribution < 1.29 is 37.7 Å². The molecule has 7 nitrogen and oxygen atoms in total. The van der Waals surface area contributed by atoms with E-state index in [-0.39, 0.29) is 30.1 Å².